The molecule has 0 aliphatic carbocycles. The van der Waals surface area contributed by atoms with Crippen molar-refractivity contribution in [3.63, 3.8) is 0 Å². The van der Waals surface area contributed by atoms with Crippen LogP contribution in [0.4, 0.5) is 22.7 Å². The van der Waals surface area contributed by atoms with Crippen LogP contribution in [0, 0.1) is 0 Å². The molecule has 0 N–H and O–H groups in total. The largest absolute Gasteiger partial charge is 0.457 e. The second kappa shape index (κ2) is 15.8. The van der Waals surface area contributed by atoms with Crippen LogP contribution in [0.15, 0.2) is 176 Å². The third-order valence-corrected chi connectivity index (χ3v) is 11.9. The van der Waals surface area contributed by atoms with Crippen LogP contribution in [-0.2, 0) is 16.2 Å². The van der Waals surface area contributed by atoms with Crippen molar-refractivity contribution in [3.8, 4) is 39.6 Å². The lowest BCUT2D eigenvalue weighted by atomic mass is 9.81. The zero-order chi connectivity index (χ0) is 57.4. The Balaban J connectivity index is 1.16. The van der Waals surface area contributed by atoms with E-state index in [9.17, 15) is 6.85 Å². The Morgan fingerprint density at radius 1 is 0.523 bits per heavy atom. The van der Waals surface area contributed by atoms with E-state index >= 15 is 0 Å². The normalized spacial score (nSPS) is 16.2. The molecule has 65 heavy (non-hydrogen) atoms. The van der Waals surface area contributed by atoms with Crippen LogP contribution in [0.3, 0.4) is 0 Å². The number of hydrogen-bond acceptors (Lipinski definition) is 4. The molecule has 7 aromatic carbocycles. The lowest BCUT2D eigenvalue weighted by Crippen LogP contribution is -2.25. The summed E-state index contributed by atoms with van der Waals surface area (Å²) in [6, 6.07) is 23.3. The SMILES string of the molecule is [2H]c1nc(-n2c3cc(Oc4cccc(N5CN(c6c(-c7cccc(C(C)(C)C)c7)cc(C(C)(C)C)cc6-c6c([2H])c([2H])c([2H])c([2H])c6[2H])c6ccccc65)c4)c([2H])c([2H])c3c3c([2H])c([2H])c([2H])c([2H])c32)c([2H])c(C(C)(C)C)c1[2H]. The molecular formula is C60H58N4O. The second-order valence-corrected chi connectivity index (χ2v) is 19.6. The fraction of sp³-hybridized carbons (Fsp3) is 0.217. The summed E-state index contributed by atoms with van der Waals surface area (Å²) in [7, 11) is 0. The first kappa shape index (κ1) is 28.6. The van der Waals surface area contributed by atoms with Gasteiger partial charge in [-0.2, -0.15) is 0 Å². The van der Waals surface area contributed by atoms with Crippen molar-refractivity contribution in [1.29, 1.82) is 0 Å². The first-order valence-electron chi connectivity index (χ1n) is 28.8. The summed E-state index contributed by atoms with van der Waals surface area (Å²) in [6.45, 7) is 18.2. The number of pyridine rings is 1. The van der Waals surface area contributed by atoms with E-state index in [4.69, 9.17) is 17.1 Å². The van der Waals surface area contributed by atoms with E-state index in [1.54, 1.807) is 39.0 Å². The minimum atomic E-state index is -0.815. The monoisotopic (exact) mass is 865 g/mol. The van der Waals surface area contributed by atoms with Crippen molar-refractivity contribution in [2.75, 3.05) is 16.5 Å². The predicted octanol–water partition coefficient (Wildman–Crippen LogP) is 16.4. The molecule has 0 saturated carbocycles. The predicted molar refractivity (Wildman–Crippen MR) is 274 cm³/mol. The zero-order valence-electron chi connectivity index (χ0n) is 52.1. The lowest BCUT2D eigenvalue weighted by Gasteiger charge is -2.30. The summed E-state index contributed by atoms with van der Waals surface area (Å²) in [5.41, 5.74) is 5.67. The van der Waals surface area contributed by atoms with E-state index in [2.05, 4.69) is 74.5 Å². The zero-order valence-corrected chi connectivity index (χ0v) is 38.1. The molecule has 0 radical (unpaired) electrons. The van der Waals surface area contributed by atoms with Gasteiger partial charge in [0.2, 0.25) is 0 Å². The van der Waals surface area contributed by atoms with Gasteiger partial charge in [-0.1, -0.05) is 153 Å². The van der Waals surface area contributed by atoms with Gasteiger partial charge in [0.15, 0.2) is 0 Å². The fourth-order valence-corrected chi connectivity index (χ4v) is 8.40. The Bertz CT molecular complexity index is 4030. The molecule has 3 heterocycles. The molecule has 0 saturated heterocycles. The Labute approximate surface area is 404 Å². The Hall–Kier alpha value is -7.11. The Morgan fingerprint density at radius 3 is 1.92 bits per heavy atom. The third kappa shape index (κ3) is 7.84. The average molecular weight is 865 g/mol. The van der Waals surface area contributed by atoms with Crippen LogP contribution in [0.1, 0.15) is 98.2 Å². The maximum absolute atomic E-state index is 9.45. The summed E-state index contributed by atoms with van der Waals surface area (Å²) in [4.78, 5) is 8.54. The molecule has 0 unspecified atom stereocenters. The topological polar surface area (TPSA) is 33.5 Å². The standard InChI is InChI=1S/C60H58N4O/c1-58(2,3)42-22-17-21-41(33-42)51-35-44(60(7,8)9)34-50(40-19-11-10-12-20-40)57(51)63-39-62(53-27-15-16-28-54(53)63)45-23-18-24-46(37-45)65-47-29-30-49-48-25-13-14-26-52(48)64(55(49)38-47)56-36-43(31-32-61-56)59(4,5)6/h10-38H,39H2,1-9H3/i10D,11D,12D,13D,14D,19D,20D,25D,26D,29D,30D,31D,32D,36D. The molecule has 324 valence electrons. The van der Waals surface area contributed by atoms with Gasteiger partial charge >= 0.3 is 0 Å². The van der Waals surface area contributed by atoms with Crippen LogP contribution in [0.5, 0.6) is 11.5 Å². The Morgan fingerprint density at radius 2 is 1.18 bits per heavy atom. The van der Waals surface area contributed by atoms with Gasteiger partial charge in [-0.15, -0.1) is 0 Å². The van der Waals surface area contributed by atoms with Crippen LogP contribution in [0.25, 0.3) is 49.9 Å². The van der Waals surface area contributed by atoms with Gasteiger partial charge in [0.1, 0.15) is 24.0 Å². The molecule has 0 amide bonds. The van der Waals surface area contributed by atoms with E-state index in [0.29, 0.717) is 16.9 Å². The van der Waals surface area contributed by atoms with E-state index < -0.39 is 65.3 Å². The van der Waals surface area contributed by atoms with Gasteiger partial charge in [0.05, 0.1) is 47.3 Å². The van der Waals surface area contributed by atoms with Gasteiger partial charge in [-0.3, -0.25) is 4.57 Å². The molecule has 5 heteroatoms. The molecule has 2 aromatic heterocycles. The summed E-state index contributed by atoms with van der Waals surface area (Å²) in [5, 5.41) is -0.0806. The molecule has 10 rings (SSSR count). The number of rotatable bonds is 7. The number of anilines is 4. The van der Waals surface area contributed by atoms with Crippen LogP contribution >= 0.6 is 0 Å². The lowest BCUT2D eigenvalue weighted by molar-refractivity contribution is 0.483. The summed E-state index contributed by atoms with van der Waals surface area (Å²) < 4.78 is 134. The molecule has 0 spiro atoms. The van der Waals surface area contributed by atoms with Crippen LogP contribution in [0.2, 0.25) is 0 Å². The van der Waals surface area contributed by atoms with E-state index in [0.717, 1.165) is 33.6 Å². The van der Waals surface area contributed by atoms with Gasteiger partial charge in [0, 0.05) is 45.9 Å². The van der Waals surface area contributed by atoms with Gasteiger partial charge in [0.25, 0.3) is 0 Å². The number of para-hydroxylation sites is 3. The van der Waals surface area contributed by atoms with Crippen molar-refractivity contribution in [2.45, 2.75) is 78.6 Å². The first-order valence-corrected chi connectivity index (χ1v) is 21.8. The number of benzene rings is 7. The van der Waals surface area contributed by atoms with Crippen molar-refractivity contribution in [2.24, 2.45) is 0 Å². The second-order valence-electron chi connectivity index (χ2n) is 19.6. The molecule has 0 fully saturated rings. The molecule has 1 aliphatic heterocycles. The van der Waals surface area contributed by atoms with Crippen LogP contribution in [-0.4, -0.2) is 16.2 Å². The summed E-state index contributed by atoms with van der Waals surface area (Å²) in [5.74, 6) is -0.0541. The summed E-state index contributed by atoms with van der Waals surface area (Å²) in [6.07, 6.45) is -0.455. The van der Waals surface area contributed by atoms with Crippen molar-refractivity contribution >= 4 is 44.6 Å². The molecular weight excluding hydrogens is 793 g/mol. The quantitative estimate of drug-likeness (QED) is 0.160. The highest BCUT2D eigenvalue weighted by molar-refractivity contribution is 6.09. The number of ether oxygens (including phenoxy) is 1. The van der Waals surface area contributed by atoms with Crippen molar-refractivity contribution in [3.05, 3.63) is 192 Å². The highest BCUT2D eigenvalue weighted by Crippen LogP contribution is 2.52. The van der Waals surface area contributed by atoms with E-state index in [-0.39, 0.29) is 92.5 Å². The van der Waals surface area contributed by atoms with Crippen molar-refractivity contribution < 1.29 is 23.9 Å². The van der Waals surface area contributed by atoms with E-state index in [1.807, 2.05) is 48.5 Å². The maximum Gasteiger partial charge on any atom is 0.137 e. The van der Waals surface area contributed by atoms with Gasteiger partial charge in [-0.25, -0.2) is 4.98 Å². The minimum Gasteiger partial charge on any atom is -0.457 e. The number of fused-ring (bicyclic) bond motifs is 4. The highest BCUT2D eigenvalue weighted by atomic mass is 16.5. The number of nitrogens with zero attached hydrogens (tertiary/aromatic N) is 4. The third-order valence-electron chi connectivity index (χ3n) is 11.9. The molecule has 5 nitrogen and oxygen atoms in total. The van der Waals surface area contributed by atoms with E-state index in [1.165, 1.54) is 10.6 Å². The Kier molecular flexibility index (Phi) is 6.98. The van der Waals surface area contributed by atoms with Crippen LogP contribution < -0.4 is 14.5 Å². The number of hydrogen-bond donors (Lipinski definition) is 0. The van der Waals surface area contributed by atoms with Gasteiger partial charge < -0.3 is 14.5 Å². The smallest absolute Gasteiger partial charge is 0.137 e. The van der Waals surface area contributed by atoms with Crippen molar-refractivity contribution in [1.82, 2.24) is 9.55 Å². The molecule has 1 aliphatic rings. The fourth-order valence-electron chi connectivity index (χ4n) is 8.40. The number of aromatic nitrogens is 2. The highest BCUT2D eigenvalue weighted by Gasteiger charge is 2.33. The maximum atomic E-state index is 9.45. The summed E-state index contributed by atoms with van der Waals surface area (Å²) >= 11 is 0. The first-order chi connectivity index (χ1) is 36.9. The van der Waals surface area contributed by atoms with Gasteiger partial charge in [-0.05, 0) is 111 Å². The average Bonchev–Trinajstić information content (AvgIpc) is 3.78. The molecule has 9 aromatic rings. The minimum absolute atomic E-state index is 0.00938. The molecule has 0 bridgehead atoms. The molecule has 0 atom stereocenters.